The van der Waals surface area contributed by atoms with Gasteiger partial charge in [0, 0.05) is 45.7 Å². The molecule has 0 bridgehead atoms. The van der Waals surface area contributed by atoms with Crippen molar-refractivity contribution in [3.63, 3.8) is 0 Å². The van der Waals surface area contributed by atoms with E-state index in [0.29, 0.717) is 0 Å². The van der Waals surface area contributed by atoms with Gasteiger partial charge < -0.3 is 15.1 Å². The highest BCUT2D eigenvalue weighted by Gasteiger charge is 2.22. The molecule has 1 amide bonds. The SMILES string of the molecule is CNc1nc(C)nc(N2CCN(C(C)=O)CC2)c1C. The highest BCUT2D eigenvalue weighted by Crippen LogP contribution is 2.24. The Morgan fingerprint density at radius 2 is 1.79 bits per heavy atom. The lowest BCUT2D eigenvalue weighted by molar-refractivity contribution is -0.129. The number of nitrogens with one attached hydrogen (secondary N) is 1. The van der Waals surface area contributed by atoms with E-state index in [9.17, 15) is 4.79 Å². The molecule has 6 heteroatoms. The van der Waals surface area contributed by atoms with Gasteiger partial charge in [-0.25, -0.2) is 9.97 Å². The number of hydrogen-bond acceptors (Lipinski definition) is 5. The fraction of sp³-hybridized carbons (Fsp3) is 0.615. The van der Waals surface area contributed by atoms with Gasteiger partial charge in [-0.15, -0.1) is 0 Å². The largest absolute Gasteiger partial charge is 0.373 e. The predicted molar refractivity (Wildman–Crippen MR) is 75.5 cm³/mol. The number of amides is 1. The van der Waals surface area contributed by atoms with Crippen molar-refractivity contribution in [1.82, 2.24) is 14.9 Å². The summed E-state index contributed by atoms with van der Waals surface area (Å²) in [6.45, 7) is 8.70. The number of rotatable bonds is 2. The smallest absolute Gasteiger partial charge is 0.219 e. The number of carbonyl (C=O) groups is 1. The second-order valence-corrected chi connectivity index (χ2v) is 4.81. The summed E-state index contributed by atoms with van der Waals surface area (Å²) >= 11 is 0. The number of nitrogens with zero attached hydrogens (tertiary/aromatic N) is 4. The van der Waals surface area contributed by atoms with Gasteiger partial charge in [-0.05, 0) is 13.8 Å². The Bertz CT molecular complexity index is 480. The summed E-state index contributed by atoms with van der Waals surface area (Å²) in [5.74, 6) is 2.75. The van der Waals surface area contributed by atoms with Crippen LogP contribution in [-0.4, -0.2) is 54.0 Å². The van der Waals surface area contributed by atoms with Gasteiger partial charge in [0.25, 0.3) is 0 Å². The van der Waals surface area contributed by atoms with Crippen molar-refractivity contribution in [2.45, 2.75) is 20.8 Å². The molecular weight excluding hydrogens is 242 g/mol. The van der Waals surface area contributed by atoms with Gasteiger partial charge >= 0.3 is 0 Å². The second kappa shape index (κ2) is 5.42. The number of hydrogen-bond donors (Lipinski definition) is 1. The average Bonchev–Trinajstić information content (AvgIpc) is 2.41. The molecule has 2 rings (SSSR count). The molecule has 1 aromatic heterocycles. The van der Waals surface area contributed by atoms with Crippen molar-refractivity contribution in [2.75, 3.05) is 43.4 Å². The summed E-state index contributed by atoms with van der Waals surface area (Å²) in [5, 5.41) is 3.10. The summed E-state index contributed by atoms with van der Waals surface area (Å²) in [5.41, 5.74) is 1.06. The zero-order valence-electron chi connectivity index (χ0n) is 12.0. The molecular formula is C13H21N5O. The molecule has 19 heavy (non-hydrogen) atoms. The summed E-state index contributed by atoms with van der Waals surface area (Å²) in [6.07, 6.45) is 0. The van der Waals surface area contributed by atoms with Crippen LogP contribution in [0.25, 0.3) is 0 Å². The number of carbonyl (C=O) groups excluding carboxylic acids is 1. The lowest BCUT2D eigenvalue weighted by Crippen LogP contribution is -2.48. The van der Waals surface area contributed by atoms with Gasteiger partial charge in [0.1, 0.15) is 17.5 Å². The Kier molecular flexibility index (Phi) is 3.87. The van der Waals surface area contributed by atoms with Gasteiger partial charge in [-0.2, -0.15) is 0 Å². The first kappa shape index (κ1) is 13.6. The van der Waals surface area contributed by atoms with E-state index in [-0.39, 0.29) is 5.91 Å². The fourth-order valence-electron chi connectivity index (χ4n) is 2.40. The second-order valence-electron chi connectivity index (χ2n) is 4.81. The van der Waals surface area contributed by atoms with E-state index >= 15 is 0 Å². The molecule has 6 nitrogen and oxygen atoms in total. The number of piperazine rings is 1. The average molecular weight is 263 g/mol. The first-order chi connectivity index (χ1) is 9.02. The maximum Gasteiger partial charge on any atom is 0.219 e. The Labute approximate surface area is 113 Å². The van der Waals surface area contributed by atoms with Crippen LogP contribution in [0.15, 0.2) is 0 Å². The van der Waals surface area contributed by atoms with Crippen LogP contribution in [0.4, 0.5) is 11.6 Å². The molecule has 1 saturated heterocycles. The molecule has 1 N–H and O–H groups in total. The first-order valence-corrected chi connectivity index (χ1v) is 6.56. The van der Waals surface area contributed by atoms with E-state index in [0.717, 1.165) is 49.2 Å². The third-order valence-electron chi connectivity index (χ3n) is 3.49. The fourth-order valence-corrected chi connectivity index (χ4v) is 2.40. The van der Waals surface area contributed by atoms with Crippen LogP contribution in [-0.2, 0) is 4.79 Å². The standard InChI is InChI=1S/C13H21N5O/c1-9-12(14-4)15-10(2)16-13(9)18-7-5-17(6-8-18)11(3)19/h5-8H2,1-4H3,(H,14,15,16). The van der Waals surface area contributed by atoms with Gasteiger partial charge in [0.2, 0.25) is 5.91 Å². The monoisotopic (exact) mass is 263 g/mol. The third-order valence-corrected chi connectivity index (χ3v) is 3.49. The number of aryl methyl sites for hydroxylation is 1. The maximum absolute atomic E-state index is 11.3. The van der Waals surface area contributed by atoms with E-state index in [1.807, 2.05) is 25.8 Å². The summed E-state index contributed by atoms with van der Waals surface area (Å²) in [7, 11) is 1.87. The van der Waals surface area contributed by atoms with Crippen molar-refractivity contribution in [3.05, 3.63) is 11.4 Å². The van der Waals surface area contributed by atoms with Crippen LogP contribution in [0, 0.1) is 13.8 Å². The number of anilines is 2. The van der Waals surface area contributed by atoms with E-state index < -0.39 is 0 Å². The van der Waals surface area contributed by atoms with Gasteiger partial charge in [-0.1, -0.05) is 0 Å². The predicted octanol–water partition coefficient (Wildman–Crippen LogP) is 0.804. The number of aromatic nitrogens is 2. The molecule has 1 aliphatic heterocycles. The van der Waals surface area contributed by atoms with E-state index in [2.05, 4.69) is 20.2 Å². The van der Waals surface area contributed by atoms with Crippen LogP contribution in [0.2, 0.25) is 0 Å². The normalized spacial score (nSPS) is 15.6. The summed E-state index contributed by atoms with van der Waals surface area (Å²) in [6, 6.07) is 0. The van der Waals surface area contributed by atoms with Crippen LogP contribution in [0.3, 0.4) is 0 Å². The molecule has 0 saturated carbocycles. The lowest BCUT2D eigenvalue weighted by atomic mass is 10.2. The maximum atomic E-state index is 11.3. The molecule has 0 unspecified atom stereocenters. The molecule has 0 aromatic carbocycles. The van der Waals surface area contributed by atoms with Crippen molar-refractivity contribution >= 4 is 17.5 Å². The molecule has 0 spiro atoms. The van der Waals surface area contributed by atoms with Crippen LogP contribution < -0.4 is 10.2 Å². The zero-order valence-corrected chi connectivity index (χ0v) is 12.0. The quantitative estimate of drug-likeness (QED) is 0.855. The molecule has 1 fully saturated rings. The third kappa shape index (κ3) is 2.77. The van der Waals surface area contributed by atoms with Crippen molar-refractivity contribution in [3.8, 4) is 0 Å². The first-order valence-electron chi connectivity index (χ1n) is 6.56. The van der Waals surface area contributed by atoms with Crippen LogP contribution in [0.5, 0.6) is 0 Å². The van der Waals surface area contributed by atoms with E-state index in [4.69, 9.17) is 0 Å². The Morgan fingerprint density at radius 1 is 1.16 bits per heavy atom. The van der Waals surface area contributed by atoms with Crippen molar-refractivity contribution in [1.29, 1.82) is 0 Å². The highest BCUT2D eigenvalue weighted by atomic mass is 16.2. The molecule has 1 aromatic rings. The zero-order chi connectivity index (χ0) is 14.0. The molecule has 2 heterocycles. The topological polar surface area (TPSA) is 61.4 Å². The van der Waals surface area contributed by atoms with Gasteiger partial charge in [0.15, 0.2) is 0 Å². The van der Waals surface area contributed by atoms with Crippen LogP contribution in [0.1, 0.15) is 18.3 Å². The minimum Gasteiger partial charge on any atom is -0.373 e. The van der Waals surface area contributed by atoms with Crippen molar-refractivity contribution < 1.29 is 4.79 Å². The lowest BCUT2D eigenvalue weighted by Gasteiger charge is -2.35. The Balaban J connectivity index is 2.20. The molecule has 0 radical (unpaired) electrons. The van der Waals surface area contributed by atoms with E-state index in [1.54, 1.807) is 6.92 Å². The van der Waals surface area contributed by atoms with E-state index in [1.165, 1.54) is 0 Å². The highest BCUT2D eigenvalue weighted by molar-refractivity contribution is 5.73. The summed E-state index contributed by atoms with van der Waals surface area (Å²) in [4.78, 5) is 24.4. The van der Waals surface area contributed by atoms with Crippen molar-refractivity contribution in [2.24, 2.45) is 0 Å². The van der Waals surface area contributed by atoms with Gasteiger partial charge in [0.05, 0.1) is 0 Å². The summed E-state index contributed by atoms with van der Waals surface area (Å²) < 4.78 is 0. The minimum absolute atomic E-state index is 0.145. The molecule has 0 aliphatic carbocycles. The molecule has 1 aliphatic rings. The van der Waals surface area contributed by atoms with Crippen LogP contribution >= 0.6 is 0 Å². The minimum atomic E-state index is 0.145. The Hall–Kier alpha value is -1.85. The molecule has 104 valence electrons. The Morgan fingerprint density at radius 3 is 2.32 bits per heavy atom. The molecule has 0 atom stereocenters. The van der Waals surface area contributed by atoms with Gasteiger partial charge in [-0.3, -0.25) is 4.79 Å².